The predicted molar refractivity (Wildman–Crippen MR) is 97.9 cm³/mol. The first-order valence-electron chi connectivity index (χ1n) is 9.34. The van der Waals surface area contributed by atoms with Crippen molar-refractivity contribution in [3.05, 3.63) is 58.8 Å². The van der Waals surface area contributed by atoms with Crippen LogP contribution in [0.15, 0.2) is 34.7 Å². The Labute approximate surface area is 157 Å². The van der Waals surface area contributed by atoms with Crippen molar-refractivity contribution in [3.63, 3.8) is 0 Å². The summed E-state index contributed by atoms with van der Waals surface area (Å²) in [6.45, 7) is 5.78. The van der Waals surface area contributed by atoms with Crippen LogP contribution in [0.5, 0.6) is 0 Å². The van der Waals surface area contributed by atoms with Gasteiger partial charge in [-0.25, -0.2) is 4.39 Å². The fourth-order valence-electron chi connectivity index (χ4n) is 3.92. The number of aryl methyl sites for hydroxylation is 2. The first-order chi connectivity index (χ1) is 12.9. The van der Waals surface area contributed by atoms with Crippen LogP contribution in [0.2, 0.25) is 0 Å². The van der Waals surface area contributed by atoms with Gasteiger partial charge < -0.3 is 14.2 Å². The largest absolute Gasteiger partial charge is 0.466 e. The molecule has 27 heavy (non-hydrogen) atoms. The number of nitrogens with zero attached hydrogens (tertiary/aromatic N) is 2. The van der Waals surface area contributed by atoms with Gasteiger partial charge in [-0.05, 0) is 49.9 Å². The second-order valence-electron chi connectivity index (χ2n) is 7.44. The predicted octanol–water partition coefficient (Wildman–Crippen LogP) is 3.12. The van der Waals surface area contributed by atoms with Gasteiger partial charge in [-0.1, -0.05) is 12.1 Å². The monoisotopic (exact) mass is 370 g/mol. The lowest BCUT2D eigenvalue weighted by molar-refractivity contribution is -0.134. The highest BCUT2D eigenvalue weighted by molar-refractivity contribution is 5.95. The molecule has 5 nitrogen and oxygen atoms in total. The van der Waals surface area contributed by atoms with Gasteiger partial charge in [0.25, 0.3) is 5.91 Å². The SMILES string of the molecule is Cc1cc(C(=O)N2CCN(C(=O)[C@H]3C[C@@H]3c3ccc(F)cc3)CC2)c(C)o1. The second kappa shape index (κ2) is 6.83. The number of amides is 2. The van der Waals surface area contributed by atoms with Crippen LogP contribution < -0.4 is 0 Å². The van der Waals surface area contributed by atoms with E-state index in [0.717, 1.165) is 17.7 Å². The van der Waals surface area contributed by atoms with Crippen molar-refractivity contribution in [1.29, 1.82) is 0 Å². The Balaban J connectivity index is 1.33. The van der Waals surface area contributed by atoms with Crippen molar-refractivity contribution in [1.82, 2.24) is 9.80 Å². The van der Waals surface area contributed by atoms with E-state index in [4.69, 9.17) is 4.42 Å². The van der Waals surface area contributed by atoms with Crippen LogP contribution in [-0.4, -0.2) is 47.8 Å². The highest BCUT2D eigenvalue weighted by Crippen LogP contribution is 2.48. The van der Waals surface area contributed by atoms with Crippen LogP contribution in [0.1, 0.15) is 39.8 Å². The first-order valence-corrected chi connectivity index (χ1v) is 9.34. The second-order valence-corrected chi connectivity index (χ2v) is 7.44. The summed E-state index contributed by atoms with van der Waals surface area (Å²) in [5, 5.41) is 0. The first kappa shape index (κ1) is 17.8. The molecule has 2 atom stereocenters. The van der Waals surface area contributed by atoms with Crippen LogP contribution in [-0.2, 0) is 4.79 Å². The highest BCUT2D eigenvalue weighted by Gasteiger charge is 2.46. The molecule has 0 N–H and O–H groups in total. The number of carbonyl (C=O) groups is 2. The Hall–Kier alpha value is -2.63. The smallest absolute Gasteiger partial charge is 0.257 e. The molecule has 2 aliphatic rings. The van der Waals surface area contributed by atoms with Gasteiger partial charge in [-0.15, -0.1) is 0 Å². The molecule has 2 heterocycles. The van der Waals surface area contributed by atoms with E-state index in [9.17, 15) is 14.0 Å². The minimum absolute atomic E-state index is 0.0171. The van der Waals surface area contributed by atoms with Gasteiger partial charge in [-0.3, -0.25) is 9.59 Å². The quantitative estimate of drug-likeness (QED) is 0.834. The van der Waals surface area contributed by atoms with Crippen molar-refractivity contribution in [2.75, 3.05) is 26.2 Å². The number of hydrogen-bond donors (Lipinski definition) is 0. The van der Waals surface area contributed by atoms with Crippen molar-refractivity contribution >= 4 is 11.8 Å². The molecule has 2 fully saturated rings. The third kappa shape index (κ3) is 3.48. The molecule has 2 amide bonds. The molecule has 1 aliphatic heterocycles. The lowest BCUT2D eigenvalue weighted by Crippen LogP contribution is -2.51. The fraction of sp³-hybridized carbons (Fsp3) is 0.429. The number of hydrogen-bond acceptors (Lipinski definition) is 3. The standard InChI is InChI=1S/C21H23FN2O3/c1-13-11-17(14(2)27-13)20(25)23-7-9-24(10-8-23)21(26)19-12-18(19)15-3-5-16(22)6-4-15/h3-6,11,18-19H,7-10,12H2,1-2H3/t18-,19+/m1/s1. The summed E-state index contributed by atoms with van der Waals surface area (Å²) in [6.07, 6.45) is 0.817. The molecular weight excluding hydrogens is 347 g/mol. The van der Waals surface area contributed by atoms with Crippen LogP contribution in [0.4, 0.5) is 4.39 Å². The molecule has 1 saturated heterocycles. The molecule has 1 aromatic heterocycles. The topological polar surface area (TPSA) is 53.8 Å². The molecule has 142 valence electrons. The Kier molecular flexibility index (Phi) is 4.50. The van der Waals surface area contributed by atoms with Crippen LogP contribution >= 0.6 is 0 Å². The molecule has 0 bridgehead atoms. The summed E-state index contributed by atoms with van der Waals surface area (Å²) in [7, 11) is 0. The van der Waals surface area contributed by atoms with Crippen LogP contribution in [0, 0.1) is 25.6 Å². The third-order valence-electron chi connectivity index (χ3n) is 5.56. The van der Waals surface area contributed by atoms with Crippen molar-refractivity contribution in [3.8, 4) is 0 Å². The van der Waals surface area contributed by atoms with Gasteiger partial charge in [0.1, 0.15) is 17.3 Å². The van der Waals surface area contributed by atoms with Crippen LogP contribution in [0.25, 0.3) is 0 Å². The zero-order valence-electron chi connectivity index (χ0n) is 15.6. The Morgan fingerprint density at radius 3 is 2.26 bits per heavy atom. The molecule has 1 saturated carbocycles. The number of benzene rings is 1. The normalized spacial score (nSPS) is 22.0. The number of rotatable bonds is 3. The summed E-state index contributed by atoms with van der Waals surface area (Å²) in [4.78, 5) is 29.0. The van der Waals surface area contributed by atoms with Crippen molar-refractivity contribution < 1.29 is 18.4 Å². The molecule has 0 radical (unpaired) electrons. The Morgan fingerprint density at radius 2 is 1.67 bits per heavy atom. The molecule has 2 aromatic rings. The number of piperazine rings is 1. The van der Waals surface area contributed by atoms with Crippen molar-refractivity contribution in [2.45, 2.75) is 26.2 Å². The number of halogens is 1. The maximum atomic E-state index is 13.1. The summed E-state index contributed by atoms with van der Waals surface area (Å²) >= 11 is 0. The minimum Gasteiger partial charge on any atom is -0.466 e. The lowest BCUT2D eigenvalue weighted by atomic mass is 10.1. The van der Waals surface area contributed by atoms with Gasteiger partial charge >= 0.3 is 0 Å². The Morgan fingerprint density at radius 1 is 1.04 bits per heavy atom. The van der Waals surface area contributed by atoms with E-state index in [0.29, 0.717) is 37.5 Å². The maximum Gasteiger partial charge on any atom is 0.257 e. The molecule has 1 aliphatic carbocycles. The van der Waals surface area contributed by atoms with Gasteiger partial charge in [0.05, 0.1) is 5.56 Å². The van der Waals surface area contributed by atoms with E-state index >= 15 is 0 Å². The van der Waals surface area contributed by atoms with E-state index in [1.807, 2.05) is 11.8 Å². The summed E-state index contributed by atoms with van der Waals surface area (Å²) < 4.78 is 18.5. The van der Waals surface area contributed by atoms with Crippen molar-refractivity contribution in [2.24, 2.45) is 5.92 Å². The summed E-state index contributed by atoms with van der Waals surface area (Å²) in [6, 6.07) is 8.18. The van der Waals surface area contributed by atoms with Gasteiger partial charge in [-0.2, -0.15) is 0 Å². The summed E-state index contributed by atoms with van der Waals surface area (Å²) in [5.74, 6) is 1.39. The molecule has 4 rings (SSSR count). The van der Waals surface area contributed by atoms with Gasteiger partial charge in [0.15, 0.2) is 0 Å². The van der Waals surface area contributed by atoms with E-state index in [1.54, 1.807) is 30.0 Å². The Bertz CT molecular complexity index is 866. The summed E-state index contributed by atoms with van der Waals surface area (Å²) in [5.41, 5.74) is 1.63. The van der Waals surface area contributed by atoms with Gasteiger partial charge in [0.2, 0.25) is 5.91 Å². The van der Waals surface area contributed by atoms with Gasteiger partial charge in [0, 0.05) is 32.1 Å². The molecule has 6 heteroatoms. The average Bonchev–Trinajstić information content (AvgIpc) is 3.39. The number of furan rings is 1. The zero-order chi connectivity index (χ0) is 19.1. The van der Waals surface area contributed by atoms with E-state index in [2.05, 4.69) is 0 Å². The van der Waals surface area contributed by atoms with E-state index in [1.165, 1.54) is 12.1 Å². The lowest BCUT2D eigenvalue weighted by Gasteiger charge is -2.35. The number of carbonyl (C=O) groups excluding carboxylic acids is 2. The fourth-order valence-corrected chi connectivity index (χ4v) is 3.92. The third-order valence-corrected chi connectivity index (χ3v) is 5.56. The minimum atomic E-state index is -0.258. The molecule has 0 spiro atoms. The van der Waals surface area contributed by atoms with Crippen LogP contribution in [0.3, 0.4) is 0 Å². The molecule has 1 aromatic carbocycles. The highest BCUT2D eigenvalue weighted by atomic mass is 19.1. The average molecular weight is 370 g/mol. The zero-order valence-corrected chi connectivity index (χ0v) is 15.6. The maximum absolute atomic E-state index is 13.1. The van der Waals surface area contributed by atoms with E-state index in [-0.39, 0.29) is 29.5 Å². The molecule has 0 unspecified atom stereocenters. The molecular formula is C21H23FN2O3. The van der Waals surface area contributed by atoms with E-state index < -0.39 is 0 Å².